The van der Waals surface area contributed by atoms with Crippen LogP contribution in [0.1, 0.15) is 0 Å². The van der Waals surface area contributed by atoms with Crippen LogP contribution in [0.4, 0.5) is 5.69 Å². The highest BCUT2D eigenvalue weighted by atomic mass is 32.1. The monoisotopic (exact) mass is 224 g/mol. The van der Waals surface area contributed by atoms with Crippen LogP contribution in [0.2, 0.25) is 0 Å². The average Bonchev–Trinajstić information content (AvgIpc) is 2.71. The second kappa shape index (κ2) is 6.21. The molecular formula is C10H16N4S. The Morgan fingerprint density at radius 3 is 2.33 bits per heavy atom. The van der Waals surface area contributed by atoms with Gasteiger partial charge in [0, 0.05) is 18.8 Å². The quantitative estimate of drug-likeness (QED) is 0.596. The molecule has 1 aliphatic heterocycles. The lowest BCUT2D eigenvalue weighted by Gasteiger charge is -2.15. The number of nitrogens with two attached hydrogens (primary N) is 2. The fraction of sp³-hybridized carbons (Fsp3) is 0.300. The summed E-state index contributed by atoms with van der Waals surface area (Å²) in [5, 5.41) is 3.30. The number of hydrogen-bond acceptors (Lipinski definition) is 3. The number of nitrogens with zero attached hydrogens (tertiary/aromatic N) is 1. The van der Waals surface area contributed by atoms with Gasteiger partial charge in [0.2, 0.25) is 0 Å². The summed E-state index contributed by atoms with van der Waals surface area (Å²) in [7, 11) is 0. The third-order valence-corrected chi connectivity index (χ3v) is 1.98. The molecule has 0 aromatic heterocycles. The van der Waals surface area contributed by atoms with Gasteiger partial charge in [-0.05, 0) is 24.4 Å². The first-order valence-corrected chi connectivity index (χ1v) is 5.16. The molecule has 1 aromatic carbocycles. The Bertz CT molecular complexity index is 292. The van der Waals surface area contributed by atoms with Gasteiger partial charge in [-0.3, -0.25) is 5.32 Å². The molecule has 0 bridgehead atoms. The van der Waals surface area contributed by atoms with Crippen molar-refractivity contribution >= 4 is 23.0 Å². The van der Waals surface area contributed by atoms with Gasteiger partial charge in [0.15, 0.2) is 5.11 Å². The van der Waals surface area contributed by atoms with E-state index >= 15 is 0 Å². The van der Waals surface area contributed by atoms with Crippen LogP contribution in [-0.4, -0.2) is 24.9 Å². The molecule has 1 aromatic rings. The number of nitrogens with one attached hydrogen (secondary N) is 1. The average molecular weight is 224 g/mol. The zero-order valence-corrected chi connectivity index (χ0v) is 9.33. The molecule has 0 radical (unpaired) electrons. The summed E-state index contributed by atoms with van der Waals surface area (Å²) < 4.78 is 0. The van der Waals surface area contributed by atoms with E-state index in [1.807, 2.05) is 6.07 Å². The molecule has 0 atom stereocenters. The highest BCUT2D eigenvalue weighted by molar-refractivity contribution is 7.80. The Balaban J connectivity index is 0.000000245. The van der Waals surface area contributed by atoms with Crippen LogP contribution < -0.4 is 21.7 Å². The van der Waals surface area contributed by atoms with Crippen molar-refractivity contribution in [3.63, 3.8) is 0 Å². The topological polar surface area (TPSA) is 67.3 Å². The number of rotatable bonds is 1. The van der Waals surface area contributed by atoms with E-state index < -0.39 is 0 Å². The van der Waals surface area contributed by atoms with Crippen LogP contribution in [0, 0.1) is 0 Å². The maximum atomic E-state index is 4.62. The van der Waals surface area contributed by atoms with Gasteiger partial charge in [0.05, 0.1) is 6.67 Å². The molecule has 5 heteroatoms. The van der Waals surface area contributed by atoms with Gasteiger partial charge in [-0.25, -0.2) is 0 Å². The Morgan fingerprint density at radius 1 is 1.27 bits per heavy atom. The van der Waals surface area contributed by atoms with E-state index in [2.05, 4.69) is 58.2 Å². The van der Waals surface area contributed by atoms with Crippen molar-refractivity contribution in [2.45, 2.75) is 0 Å². The van der Waals surface area contributed by atoms with Gasteiger partial charge in [-0.2, -0.15) is 0 Å². The molecule has 2 rings (SSSR count). The molecule has 0 amide bonds. The number of hydrogen-bond donors (Lipinski definition) is 3. The predicted octanol–water partition coefficient (Wildman–Crippen LogP) is 0.242. The lowest BCUT2D eigenvalue weighted by Crippen LogP contribution is -2.20. The van der Waals surface area contributed by atoms with Crippen molar-refractivity contribution in [2.24, 2.45) is 11.5 Å². The molecule has 4 nitrogen and oxygen atoms in total. The molecule has 0 saturated carbocycles. The lowest BCUT2D eigenvalue weighted by molar-refractivity contribution is 0.855. The molecule has 1 heterocycles. The van der Waals surface area contributed by atoms with Crippen molar-refractivity contribution in [2.75, 3.05) is 24.7 Å². The van der Waals surface area contributed by atoms with Crippen molar-refractivity contribution in [3.8, 4) is 0 Å². The van der Waals surface area contributed by atoms with E-state index in [4.69, 9.17) is 0 Å². The minimum Gasteiger partial charge on any atom is -0.377 e. The SMILES string of the molecule is NC(N)=S.c1ccc(N2CCNC2)cc1. The number of benzene rings is 1. The highest BCUT2D eigenvalue weighted by Crippen LogP contribution is 2.12. The summed E-state index contributed by atoms with van der Waals surface area (Å²) in [6.07, 6.45) is 0. The van der Waals surface area contributed by atoms with Crippen LogP contribution in [0.25, 0.3) is 0 Å². The molecule has 1 fully saturated rings. The fourth-order valence-electron chi connectivity index (χ4n) is 1.37. The predicted molar refractivity (Wildman–Crippen MR) is 67.6 cm³/mol. The van der Waals surface area contributed by atoms with Gasteiger partial charge in [-0.15, -0.1) is 0 Å². The third-order valence-electron chi connectivity index (χ3n) is 1.98. The number of para-hydroxylation sites is 1. The van der Waals surface area contributed by atoms with Crippen molar-refractivity contribution in [1.29, 1.82) is 0 Å². The lowest BCUT2D eigenvalue weighted by atomic mass is 10.3. The fourth-order valence-corrected chi connectivity index (χ4v) is 1.37. The molecule has 82 valence electrons. The molecule has 1 saturated heterocycles. The van der Waals surface area contributed by atoms with Gasteiger partial charge >= 0.3 is 0 Å². The minimum absolute atomic E-state index is 0.000000000000000222. The zero-order chi connectivity index (χ0) is 11.1. The largest absolute Gasteiger partial charge is 0.377 e. The first-order chi connectivity index (χ1) is 7.20. The van der Waals surface area contributed by atoms with E-state index in [0.717, 1.165) is 19.8 Å². The minimum atomic E-state index is 0.000000000000000222. The first kappa shape index (κ1) is 11.7. The molecule has 1 aliphatic rings. The Kier molecular flexibility index (Phi) is 4.86. The maximum Gasteiger partial charge on any atom is 0.160 e. The summed E-state index contributed by atoms with van der Waals surface area (Å²) in [5.41, 5.74) is 10.6. The maximum absolute atomic E-state index is 4.62. The van der Waals surface area contributed by atoms with Crippen LogP contribution >= 0.6 is 12.2 Å². The molecule has 15 heavy (non-hydrogen) atoms. The van der Waals surface area contributed by atoms with Crippen LogP contribution in [0.15, 0.2) is 30.3 Å². The van der Waals surface area contributed by atoms with Gasteiger partial charge in [0.1, 0.15) is 0 Å². The smallest absolute Gasteiger partial charge is 0.160 e. The van der Waals surface area contributed by atoms with Crippen LogP contribution in [-0.2, 0) is 0 Å². The van der Waals surface area contributed by atoms with Crippen LogP contribution in [0.3, 0.4) is 0 Å². The first-order valence-electron chi connectivity index (χ1n) is 4.76. The van der Waals surface area contributed by atoms with Gasteiger partial charge in [0.25, 0.3) is 0 Å². The summed E-state index contributed by atoms with van der Waals surface area (Å²) >= 11 is 4.09. The Hall–Kier alpha value is -1.33. The zero-order valence-electron chi connectivity index (χ0n) is 8.52. The molecule has 0 unspecified atom stereocenters. The highest BCUT2D eigenvalue weighted by Gasteiger charge is 2.09. The Labute approximate surface area is 95.2 Å². The summed E-state index contributed by atoms with van der Waals surface area (Å²) in [5.74, 6) is 0. The normalized spacial score (nSPS) is 14.3. The summed E-state index contributed by atoms with van der Waals surface area (Å²) in [4.78, 5) is 2.33. The second-order valence-corrected chi connectivity index (χ2v) is 3.63. The summed E-state index contributed by atoms with van der Waals surface area (Å²) in [6, 6.07) is 10.5. The van der Waals surface area contributed by atoms with E-state index in [0.29, 0.717) is 0 Å². The van der Waals surface area contributed by atoms with Gasteiger partial charge in [-0.1, -0.05) is 18.2 Å². The third kappa shape index (κ3) is 4.62. The van der Waals surface area contributed by atoms with E-state index in [1.54, 1.807) is 0 Å². The summed E-state index contributed by atoms with van der Waals surface area (Å²) in [6.45, 7) is 3.23. The van der Waals surface area contributed by atoms with Crippen molar-refractivity contribution in [1.82, 2.24) is 5.32 Å². The van der Waals surface area contributed by atoms with E-state index in [1.165, 1.54) is 5.69 Å². The second-order valence-electron chi connectivity index (χ2n) is 3.16. The Morgan fingerprint density at radius 2 is 1.87 bits per heavy atom. The van der Waals surface area contributed by atoms with Crippen LogP contribution in [0.5, 0.6) is 0 Å². The molecular weight excluding hydrogens is 208 g/mol. The van der Waals surface area contributed by atoms with Crippen molar-refractivity contribution < 1.29 is 0 Å². The van der Waals surface area contributed by atoms with E-state index in [9.17, 15) is 0 Å². The number of thiocarbonyl (C=S) groups is 1. The standard InChI is InChI=1S/C9H12N2.CH4N2S/c1-2-4-9(5-3-1)11-7-6-10-8-11;2-1(3)4/h1-5,10H,6-8H2;(H4,2,3,4). The van der Waals surface area contributed by atoms with Crippen molar-refractivity contribution in [3.05, 3.63) is 30.3 Å². The molecule has 0 aliphatic carbocycles. The van der Waals surface area contributed by atoms with E-state index in [-0.39, 0.29) is 5.11 Å². The molecule has 5 N–H and O–H groups in total. The van der Waals surface area contributed by atoms with Gasteiger partial charge < -0.3 is 16.4 Å². The molecule has 0 spiro atoms. The number of anilines is 1.